The highest BCUT2D eigenvalue weighted by Gasteiger charge is 2.14. The summed E-state index contributed by atoms with van der Waals surface area (Å²) < 4.78 is 23.6. The summed E-state index contributed by atoms with van der Waals surface area (Å²) in [6, 6.07) is 13.0. The van der Waals surface area contributed by atoms with E-state index >= 15 is 0 Å². The molecule has 174 valence electrons. The van der Waals surface area contributed by atoms with E-state index in [0.29, 0.717) is 22.8 Å². The third-order valence-corrected chi connectivity index (χ3v) is 4.72. The number of phenols is 1. The van der Waals surface area contributed by atoms with Crippen molar-refractivity contribution in [1.82, 2.24) is 20.3 Å². The second kappa shape index (κ2) is 8.90. The van der Waals surface area contributed by atoms with E-state index in [-0.39, 0.29) is 40.1 Å². The summed E-state index contributed by atoms with van der Waals surface area (Å²) >= 11 is 0. The fourth-order valence-electron chi connectivity index (χ4n) is 3.07. The average Bonchev–Trinajstić information content (AvgIpc) is 3.50. The minimum absolute atomic E-state index is 0.147. The number of rotatable bonds is 7. The van der Waals surface area contributed by atoms with E-state index < -0.39 is 5.97 Å². The number of hydrazone groups is 1. The lowest BCUT2D eigenvalue weighted by Crippen LogP contribution is -2.03. The van der Waals surface area contributed by atoms with Gasteiger partial charge in [0.1, 0.15) is 28.7 Å². The van der Waals surface area contributed by atoms with Crippen molar-refractivity contribution in [2.24, 2.45) is 5.10 Å². The summed E-state index contributed by atoms with van der Waals surface area (Å²) in [5.41, 5.74) is 3.82. The zero-order valence-corrected chi connectivity index (χ0v) is 17.5. The number of hydrogen-bond donors (Lipinski definition) is 4. The van der Waals surface area contributed by atoms with Crippen LogP contribution in [-0.2, 0) is 0 Å². The number of hydrogen-bond acceptors (Lipinski definition) is 11. The van der Waals surface area contributed by atoms with Crippen LogP contribution in [0.1, 0.15) is 16.1 Å². The van der Waals surface area contributed by atoms with Crippen molar-refractivity contribution in [1.29, 1.82) is 0 Å². The first kappa shape index (κ1) is 21.5. The fourth-order valence-corrected chi connectivity index (χ4v) is 3.07. The summed E-state index contributed by atoms with van der Waals surface area (Å²) in [5.74, 6) is -0.834. The largest absolute Gasteiger partial charge is 0.507 e. The Labute approximate surface area is 194 Å². The van der Waals surface area contributed by atoms with Crippen LogP contribution in [0.5, 0.6) is 5.75 Å². The van der Waals surface area contributed by atoms with Gasteiger partial charge in [-0.15, -0.1) is 0 Å². The van der Waals surface area contributed by atoms with Crippen LogP contribution in [0.4, 0.5) is 21.7 Å². The number of aromatic hydroxyl groups is 1. The van der Waals surface area contributed by atoms with Crippen molar-refractivity contribution in [3.05, 3.63) is 71.7 Å². The molecule has 12 nitrogen and oxygen atoms in total. The van der Waals surface area contributed by atoms with Gasteiger partial charge in [-0.1, -0.05) is 0 Å². The molecule has 0 bridgehead atoms. The van der Waals surface area contributed by atoms with Crippen molar-refractivity contribution in [2.75, 3.05) is 10.7 Å². The van der Waals surface area contributed by atoms with Crippen LogP contribution < -0.4 is 10.7 Å². The van der Waals surface area contributed by atoms with Gasteiger partial charge < -0.3 is 19.9 Å². The van der Waals surface area contributed by atoms with Crippen LogP contribution in [0.2, 0.25) is 0 Å². The number of nitrogens with zero attached hydrogens (tertiary/aromatic N) is 5. The zero-order chi connectivity index (χ0) is 24.4. The number of benzene rings is 2. The van der Waals surface area contributed by atoms with E-state index in [4.69, 9.17) is 4.42 Å². The molecule has 0 unspecified atom stereocenters. The minimum Gasteiger partial charge on any atom is -0.507 e. The Morgan fingerprint density at radius 3 is 2.49 bits per heavy atom. The Kier molecular flexibility index (Phi) is 5.47. The number of carbonyl (C=O) groups is 1. The van der Waals surface area contributed by atoms with Crippen LogP contribution in [0.3, 0.4) is 0 Å². The van der Waals surface area contributed by atoms with E-state index in [1.807, 2.05) is 0 Å². The van der Waals surface area contributed by atoms with Crippen molar-refractivity contribution >= 4 is 40.8 Å². The monoisotopic (exact) mass is 475 g/mol. The Morgan fingerprint density at radius 2 is 1.74 bits per heavy atom. The molecule has 35 heavy (non-hydrogen) atoms. The lowest BCUT2D eigenvalue weighted by Gasteiger charge is -2.09. The number of furan rings is 1. The predicted molar refractivity (Wildman–Crippen MR) is 121 cm³/mol. The molecule has 3 heterocycles. The van der Waals surface area contributed by atoms with Gasteiger partial charge in [-0.05, 0) is 64.9 Å². The molecule has 0 spiro atoms. The first-order chi connectivity index (χ1) is 17.0. The summed E-state index contributed by atoms with van der Waals surface area (Å²) in [4.78, 5) is 19.8. The highest BCUT2D eigenvalue weighted by Crippen LogP contribution is 2.28. The smallest absolute Gasteiger partial charge is 0.339 e. The lowest BCUT2D eigenvalue weighted by atomic mass is 10.1. The topological polar surface area (TPSA) is 172 Å². The second-order valence-electron chi connectivity index (χ2n) is 7.07. The summed E-state index contributed by atoms with van der Waals surface area (Å²) in [6.45, 7) is 0. The van der Waals surface area contributed by atoms with Crippen LogP contribution >= 0.6 is 0 Å². The summed E-state index contributed by atoms with van der Waals surface area (Å²) in [6.07, 6.45) is 1.37. The van der Waals surface area contributed by atoms with Gasteiger partial charge in [0.15, 0.2) is 11.6 Å². The highest BCUT2D eigenvalue weighted by molar-refractivity contribution is 5.92. The number of fused-ring (bicyclic) bond motifs is 1. The van der Waals surface area contributed by atoms with Crippen molar-refractivity contribution in [3.8, 4) is 17.1 Å². The number of aromatic carboxylic acids is 1. The van der Waals surface area contributed by atoms with E-state index in [1.165, 1.54) is 48.7 Å². The van der Waals surface area contributed by atoms with E-state index in [2.05, 4.69) is 40.8 Å². The number of carboxylic acids is 1. The first-order valence-corrected chi connectivity index (χ1v) is 9.95. The molecule has 0 aliphatic carbocycles. The Hall–Kier alpha value is -5.33. The molecule has 0 amide bonds. The minimum atomic E-state index is -1.26. The standard InChI is InChI=1S/C22H14FN7O5/c23-12-2-4-13(5-3-12)25-18-19(27-21-20(26-18)29-35-30-21)28-24-10-14-6-8-17(34-14)11-1-7-16(31)15(9-11)22(32)33/h1-10,31H,(H,32,33)(H,25,26,29)(H,27,28,30)/b24-10+. The van der Waals surface area contributed by atoms with Gasteiger partial charge in [0.25, 0.3) is 0 Å². The van der Waals surface area contributed by atoms with Gasteiger partial charge in [-0.25, -0.2) is 18.8 Å². The molecule has 0 atom stereocenters. The van der Waals surface area contributed by atoms with Crippen molar-refractivity contribution < 1.29 is 28.4 Å². The van der Waals surface area contributed by atoms with E-state index in [0.717, 1.165) is 0 Å². The quantitative estimate of drug-likeness (QED) is 0.198. The summed E-state index contributed by atoms with van der Waals surface area (Å²) in [5, 5.41) is 33.3. The van der Waals surface area contributed by atoms with E-state index in [1.54, 1.807) is 12.1 Å². The number of nitrogens with one attached hydrogen (secondary N) is 2. The molecule has 5 rings (SSSR count). The van der Waals surface area contributed by atoms with Crippen LogP contribution in [0.25, 0.3) is 22.6 Å². The van der Waals surface area contributed by atoms with Crippen molar-refractivity contribution in [3.63, 3.8) is 0 Å². The molecule has 4 N–H and O–H groups in total. The molecule has 0 aliphatic heterocycles. The first-order valence-electron chi connectivity index (χ1n) is 9.95. The molecular weight excluding hydrogens is 461 g/mol. The van der Waals surface area contributed by atoms with Crippen LogP contribution in [-0.4, -0.2) is 42.7 Å². The SMILES string of the molecule is O=C(O)c1cc(-c2ccc(/C=N/Nc3nc4nonc4nc3Nc3ccc(F)cc3)o2)ccc1O. The van der Waals surface area contributed by atoms with Gasteiger partial charge in [0.2, 0.25) is 11.3 Å². The normalized spacial score (nSPS) is 11.2. The van der Waals surface area contributed by atoms with Gasteiger partial charge in [0, 0.05) is 11.3 Å². The molecule has 2 aromatic carbocycles. The maximum Gasteiger partial charge on any atom is 0.339 e. The molecule has 0 aliphatic rings. The van der Waals surface area contributed by atoms with Crippen LogP contribution in [0.15, 0.2) is 68.7 Å². The van der Waals surface area contributed by atoms with Gasteiger partial charge >= 0.3 is 5.97 Å². The number of anilines is 3. The molecule has 0 fully saturated rings. The molecule has 5 aromatic rings. The molecule has 13 heteroatoms. The average molecular weight is 475 g/mol. The predicted octanol–water partition coefficient (Wildman–Crippen LogP) is 4.01. The Balaban J connectivity index is 1.37. The highest BCUT2D eigenvalue weighted by atomic mass is 19.1. The number of aromatic nitrogens is 4. The van der Waals surface area contributed by atoms with Crippen molar-refractivity contribution in [2.45, 2.75) is 0 Å². The summed E-state index contributed by atoms with van der Waals surface area (Å²) in [7, 11) is 0. The van der Waals surface area contributed by atoms with Gasteiger partial charge in [-0.3, -0.25) is 5.43 Å². The molecule has 0 saturated carbocycles. The maximum atomic E-state index is 13.2. The Morgan fingerprint density at radius 1 is 1.00 bits per heavy atom. The van der Waals surface area contributed by atoms with Gasteiger partial charge in [-0.2, -0.15) is 10.1 Å². The lowest BCUT2D eigenvalue weighted by molar-refractivity contribution is 0.0693. The molecule has 0 radical (unpaired) electrons. The van der Waals surface area contributed by atoms with Crippen LogP contribution in [0, 0.1) is 5.82 Å². The fraction of sp³-hybridized carbons (Fsp3) is 0. The molecule has 0 saturated heterocycles. The number of carboxylic acid groups (broad SMARTS) is 1. The molecule has 3 aromatic heterocycles. The van der Waals surface area contributed by atoms with Gasteiger partial charge in [0.05, 0.1) is 6.21 Å². The third kappa shape index (κ3) is 4.59. The second-order valence-corrected chi connectivity index (χ2v) is 7.07. The maximum absolute atomic E-state index is 13.2. The molecular formula is C22H14FN7O5. The third-order valence-electron chi connectivity index (χ3n) is 4.72. The Bertz CT molecular complexity index is 1560. The zero-order valence-electron chi connectivity index (χ0n) is 17.5. The van der Waals surface area contributed by atoms with E-state index in [9.17, 15) is 19.4 Å². The number of halogens is 1.